The number of para-hydroxylation sites is 2. The molecule has 176 valence electrons. The molecule has 6 rings (SSSR count). The standard InChI is InChI=1S/C28H20ClN5O2/c29-21-6-2-1-5-19(21)28(35)33-26-20(16-30)25-27(32-23-8-4-3-7-22(23)31-25)34(26)13-11-17-9-10-24-18(15-17)12-14-36-24/h1-10,15H,11-14H2,(H,33,35). The lowest BCUT2D eigenvalue weighted by Crippen LogP contribution is -2.17. The first kappa shape index (κ1) is 22.1. The summed E-state index contributed by atoms with van der Waals surface area (Å²) in [5.74, 6) is 0.888. The topological polar surface area (TPSA) is 92.8 Å². The number of anilines is 1. The SMILES string of the molecule is N#Cc1c(NC(=O)c2ccccc2Cl)n(CCc2ccc3c(c2)CCO3)c2nc3ccccc3nc12. The van der Waals surface area contributed by atoms with E-state index >= 15 is 0 Å². The van der Waals surface area contributed by atoms with E-state index in [-0.39, 0.29) is 5.56 Å². The fourth-order valence-corrected chi connectivity index (χ4v) is 4.83. The highest BCUT2D eigenvalue weighted by Crippen LogP contribution is 2.31. The van der Waals surface area contributed by atoms with Gasteiger partial charge in [-0.25, -0.2) is 9.97 Å². The number of rotatable bonds is 5. The van der Waals surface area contributed by atoms with E-state index in [0.29, 0.717) is 58.2 Å². The molecule has 0 aliphatic carbocycles. The zero-order valence-corrected chi connectivity index (χ0v) is 19.9. The molecule has 36 heavy (non-hydrogen) atoms. The Kier molecular flexibility index (Phi) is 5.51. The maximum atomic E-state index is 13.2. The number of nitrogens with one attached hydrogen (secondary N) is 1. The number of carbonyl (C=O) groups excluding carboxylic acids is 1. The average molecular weight is 494 g/mol. The van der Waals surface area contributed by atoms with E-state index < -0.39 is 5.91 Å². The first-order valence-electron chi connectivity index (χ1n) is 11.6. The number of fused-ring (bicyclic) bond motifs is 3. The van der Waals surface area contributed by atoms with Gasteiger partial charge < -0.3 is 14.6 Å². The predicted molar refractivity (Wildman–Crippen MR) is 138 cm³/mol. The van der Waals surface area contributed by atoms with Crippen LogP contribution in [0.25, 0.3) is 22.2 Å². The Bertz CT molecular complexity index is 1700. The molecule has 7 nitrogen and oxygen atoms in total. The van der Waals surface area contributed by atoms with Gasteiger partial charge in [-0.1, -0.05) is 48.0 Å². The van der Waals surface area contributed by atoms with Crippen LogP contribution in [-0.4, -0.2) is 27.0 Å². The first-order chi connectivity index (χ1) is 17.6. The molecule has 0 atom stereocenters. The summed E-state index contributed by atoms with van der Waals surface area (Å²) in [6, 6.07) is 22.8. The number of amides is 1. The van der Waals surface area contributed by atoms with Gasteiger partial charge in [0, 0.05) is 13.0 Å². The molecule has 0 saturated heterocycles. The number of benzene rings is 3. The van der Waals surface area contributed by atoms with Crippen LogP contribution < -0.4 is 10.1 Å². The molecular weight excluding hydrogens is 474 g/mol. The minimum atomic E-state index is -0.402. The number of hydrogen-bond donors (Lipinski definition) is 1. The van der Waals surface area contributed by atoms with Gasteiger partial charge in [0.15, 0.2) is 5.65 Å². The van der Waals surface area contributed by atoms with Crippen molar-refractivity contribution in [2.75, 3.05) is 11.9 Å². The normalized spacial score (nSPS) is 12.3. The highest BCUT2D eigenvalue weighted by Gasteiger charge is 2.23. The van der Waals surface area contributed by atoms with Crippen LogP contribution in [-0.2, 0) is 19.4 Å². The van der Waals surface area contributed by atoms with E-state index in [0.717, 1.165) is 17.7 Å². The van der Waals surface area contributed by atoms with Crippen LogP contribution in [0.3, 0.4) is 0 Å². The van der Waals surface area contributed by atoms with Gasteiger partial charge in [0.25, 0.3) is 5.91 Å². The Morgan fingerprint density at radius 3 is 2.67 bits per heavy atom. The fraction of sp³-hybridized carbons (Fsp3) is 0.143. The minimum absolute atomic E-state index is 0.269. The Labute approximate surface area is 211 Å². The Hall–Kier alpha value is -4.41. The zero-order chi connectivity index (χ0) is 24.6. The lowest BCUT2D eigenvalue weighted by Gasteiger charge is -2.13. The molecule has 1 amide bonds. The van der Waals surface area contributed by atoms with Gasteiger partial charge in [-0.05, 0) is 47.9 Å². The van der Waals surface area contributed by atoms with Gasteiger partial charge in [0.05, 0.1) is 28.2 Å². The molecule has 0 fully saturated rings. The summed E-state index contributed by atoms with van der Waals surface area (Å²) >= 11 is 6.27. The Morgan fingerprint density at radius 2 is 1.86 bits per heavy atom. The number of nitrogens with zero attached hydrogens (tertiary/aromatic N) is 4. The molecule has 8 heteroatoms. The molecule has 5 aromatic rings. The highest BCUT2D eigenvalue weighted by molar-refractivity contribution is 6.34. The minimum Gasteiger partial charge on any atom is -0.493 e. The molecular formula is C28H20ClN5O2. The quantitative estimate of drug-likeness (QED) is 0.347. The summed E-state index contributed by atoms with van der Waals surface area (Å²) < 4.78 is 7.50. The molecule has 0 saturated carbocycles. The van der Waals surface area contributed by atoms with Gasteiger partial charge >= 0.3 is 0 Å². The molecule has 1 aliphatic heterocycles. The van der Waals surface area contributed by atoms with Gasteiger partial charge in [-0.3, -0.25) is 4.79 Å². The second-order valence-electron chi connectivity index (χ2n) is 8.60. The van der Waals surface area contributed by atoms with Crippen LogP contribution in [0.4, 0.5) is 5.82 Å². The van der Waals surface area contributed by atoms with E-state index in [2.05, 4.69) is 17.5 Å². The number of halogens is 1. The Balaban J connectivity index is 1.46. The van der Waals surface area contributed by atoms with Crippen molar-refractivity contribution in [2.24, 2.45) is 0 Å². The van der Waals surface area contributed by atoms with Crippen LogP contribution >= 0.6 is 11.6 Å². The molecule has 2 aromatic heterocycles. The summed E-state index contributed by atoms with van der Waals surface area (Å²) in [5.41, 5.74) is 5.32. The zero-order valence-electron chi connectivity index (χ0n) is 19.2. The monoisotopic (exact) mass is 493 g/mol. The van der Waals surface area contributed by atoms with E-state index in [1.165, 1.54) is 5.56 Å². The molecule has 0 spiro atoms. The summed E-state index contributed by atoms with van der Waals surface area (Å²) in [5, 5.41) is 13.4. The van der Waals surface area contributed by atoms with Crippen molar-refractivity contribution in [3.05, 3.63) is 94.0 Å². The maximum Gasteiger partial charge on any atom is 0.258 e. The van der Waals surface area contributed by atoms with Crippen molar-refractivity contribution in [2.45, 2.75) is 19.4 Å². The van der Waals surface area contributed by atoms with E-state index in [9.17, 15) is 10.1 Å². The molecule has 0 unspecified atom stereocenters. The number of nitriles is 1. The van der Waals surface area contributed by atoms with Crippen molar-refractivity contribution in [3.8, 4) is 11.8 Å². The third-order valence-corrected chi connectivity index (χ3v) is 6.72. The number of aromatic nitrogens is 3. The van der Waals surface area contributed by atoms with Crippen LogP contribution in [0, 0.1) is 11.3 Å². The summed E-state index contributed by atoms with van der Waals surface area (Å²) in [4.78, 5) is 22.8. The van der Waals surface area contributed by atoms with Gasteiger partial charge in [-0.2, -0.15) is 5.26 Å². The van der Waals surface area contributed by atoms with Gasteiger partial charge in [0.1, 0.15) is 28.7 Å². The van der Waals surface area contributed by atoms with Gasteiger partial charge in [-0.15, -0.1) is 0 Å². The van der Waals surface area contributed by atoms with Crippen LogP contribution in [0.15, 0.2) is 66.7 Å². The molecule has 0 bridgehead atoms. The smallest absolute Gasteiger partial charge is 0.258 e. The van der Waals surface area contributed by atoms with Crippen molar-refractivity contribution in [1.29, 1.82) is 5.26 Å². The van der Waals surface area contributed by atoms with Crippen LogP contribution in [0.5, 0.6) is 5.75 Å². The van der Waals surface area contributed by atoms with Crippen LogP contribution in [0.1, 0.15) is 27.0 Å². The number of ether oxygens (including phenoxy) is 1. The molecule has 1 N–H and O–H groups in total. The van der Waals surface area contributed by atoms with Gasteiger partial charge in [0.2, 0.25) is 0 Å². The maximum absolute atomic E-state index is 13.2. The molecule has 1 aliphatic rings. The molecule has 0 radical (unpaired) electrons. The van der Waals surface area contributed by atoms with Crippen molar-refractivity contribution in [1.82, 2.24) is 14.5 Å². The summed E-state index contributed by atoms with van der Waals surface area (Å²) in [6.07, 6.45) is 1.57. The van der Waals surface area contributed by atoms with E-state index in [4.69, 9.17) is 26.3 Å². The lowest BCUT2D eigenvalue weighted by molar-refractivity contribution is 0.102. The van der Waals surface area contributed by atoms with Crippen molar-refractivity contribution >= 4 is 45.5 Å². The molecule has 3 aromatic carbocycles. The number of aryl methyl sites for hydroxylation is 2. The third kappa shape index (κ3) is 3.82. The third-order valence-electron chi connectivity index (χ3n) is 6.39. The number of hydrogen-bond acceptors (Lipinski definition) is 5. The molecule has 3 heterocycles. The summed E-state index contributed by atoms with van der Waals surface area (Å²) in [6.45, 7) is 1.19. The lowest BCUT2D eigenvalue weighted by atomic mass is 10.1. The highest BCUT2D eigenvalue weighted by atomic mass is 35.5. The largest absolute Gasteiger partial charge is 0.493 e. The summed E-state index contributed by atoms with van der Waals surface area (Å²) in [7, 11) is 0. The van der Waals surface area contributed by atoms with Crippen molar-refractivity contribution in [3.63, 3.8) is 0 Å². The first-order valence-corrected chi connectivity index (χ1v) is 12.0. The second kappa shape index (κ2) is 8.99. The fourth-order valence-electron chi connectivity index (χ4n) is 4.61. The average Bonchev–Trinajstić information content (AvgIpc) is 3.47. The van der Waals surface area contributed by atoms with E-state index in [1.807, 2.05) is 41.0 Å². The van der Waals surface area contributed by atoms with Crippen LogP contribution in [0.2, 0.25) is 5.02 Å². The van der Waals surface area contributed by atoms with Crippen molar-refractivity contribution < 1.29 is 9.53 Å². The van der Waals surface area contributed by atoms with E-state index in [1.54, 1.807) is 24.3 Å². The second-order valence-corrected chi connectivity index (χ2v) is 9.00. The number of carbonyl (C=O) groups is 1. The predicted octanol–water partition coefficient (Wildman–Crippen LogP) is 5.54. The Morgan fingerprint density at radius 1 is 1.08 bits per heavy atom.